The molecule has 0 spiro atoms. The minimum absolute atomic E-state index is 0.110. The van der Waals surface area contributed by atoms with E-state index in [2.05, 4.69) is 19.8 Å². The molecule has 0 aliphatic rings. The molecule has 0 fully saturated rings. The van der Waals surface area contributed by atoms with Gasteiger partial charge in [-0.25, -0.2) is 23.4 Å². The van der Waals surface area contributed by atoms with Gasteiger partial charge in [-0.05, 0) is 50.1 Å². The van der Waals surface area contributed by atoms with Crippen molar-refractivity contribution in [3.05, 3.63) is 71.6 Å². The molecular formula is C24H29N5O5S. The smallest absolute Gasteiger partial charge is 0.275 e. The zero-order chi connectivity index (χ0) is 25.8. The molecule has 1 aromatic carbocycles. The monoisotopic (exact) mass is 499 g/mol. The Hall–Kier alpha value is -3.57. The summed E-state index contributed by atoms with van der Waals surface area (Å²) in [5, 5.41) is -0.0697. The van der Waals surface area contributed by atoms with Gasteiger partial charge in [-0.1, -0.05) is 13.0 Å². The summed E-state index contributed by atoms with van der Waals surface area (Å²) >= 11 is 0. The number of sulfonamides is 1. The molecule has 2 atom stereocenters. The Bertz CT molecular complexity index is 1280. The molecule has 10 nitrogen and oxygen atoms in total. The molecule has 0 saturated carbocycles. The summed E-state index contributed by atoms with van der Waals surface area (Å²) in [6.45, 7) is 6.88. The Morgan fingerprint density at radius 1 is 0.971 bits per heavy atom. The van der Waals surface area contributed by atoms with Gasteiger partial charge < -0.3 is 9.47 Å². The Balaban J connectivity index is 2.07. The lowest BCUT2D eigenvalue weighted by atomic mass is 10.1. The van der Waals surface area contributed by atoms with Crippen LogP contribution in [0, 0.1) is 13.8 Å². The van der Waals surface area contributed by atoms with Gasteiger partial charge in [-0.15, -0.1) is 4.83 Å². The molecule has 0 bridgehead atoms. The number of methoxy groups -OCH3 is 2. The van der Waals surface area contributed by atoms with Crippen LogP contribution in [0.3, 0.4) is 0 Å². The van der Waals surface area contributed by atoms with Crippen LogP contribution in [-0.2, 0) is 10.0 Å². The first kappa shape index (κ1) is 26.0. The van der Waals surface area contributed by atoms with Gasteiger partial charge in [-0.2, -0.15) is 0 Å². The number of aromatic nitrogens is 3. The van der Waals surface area contributed by atoms with E-state index >= 15 is 0 Å². The van der Waals surface area contributed by atoms with Crippen molar-refractivity contribution in [1.82, 2.24) is 19.8 Å². The number of hydrazine groups is 1. The molecule has 3 aromatic rings. The van der Waals surface area contributed by atoms with E-state index in [0.717, 1.165) is 16.1 Å². The summed E-state index contributed by atoms with van der Waals surface area (Å²) < 4.78 is 38.0. The fourth-order valence-electron chi connectivity index (χ4n) is 3.37. The Kier molecular flexibility index (Phi) is 8.03. The molecule has 0 unspecified atom stereocenters. The van der Waals surface area contributed by atoms with E-state index < -0.39 is 27.1 Å². The number of anilines is 1. The van der Waals surface area contributed by atoms with Crippen molar-refractivity contribution >= 4 is 21.6 Å². The van der Waals surface area contributed by atoms with Crippen LogP contribution in [0.25, 0.3) is 0 Å². The highest BCUT2D eigenvalue weighted by Crippen LogP contribution is 2.38. The average molecular weight is 500 g/mol. The molecule has 3 rings (SSSR count). The number of benzene rings is 1. The number of ether oxygens (including phenoxy) is 2. The zero-order valence-corrected chi connectivity index (χ0v) is 21.3. The van der Waals surface area contributed by atoms with Crippen molar-refractivity contribution in [3.63, 3.8) is 0 Å². The lowest BCUT2D eigenvalue weighted by Gasteiger charge is -2.29. The van der Waals surface area contributed by atoms with Crippen LogP contribution in [0.5, 0.6) is 11.5 Å². The molecule has 1 N–H and O–H groups in total. The Morgan fingerprint density at radius 2 is 1.57 bits per heavy atom. The van der Waals surface area contributed by atoms with Gasteiger partial charge >= 0.3 is 0 Å². The van der Waals surface area contributed by atoms with Crippen LogP contribution in [0.1, 0.15) is 47.1 Å². The summed E-state index contributed by atoms with van der Waals surface area (Å²) in [5.74, 6) is -0.361. The number of carbonyl (C=O) groups is 1. The van der Waals surface area contributed by atoms with E-state index in [1.807, 2.05) is 6.92 Å². The highest BCUT2D eigenvalue weighted by Gasteiger charge is 2.35. The minimum Gasteiger partial charge on any atom is -0.494 e. The van der Waals surface area contributed by atoms with Crippen molar-refractivity contribution < 1.29 is 22.7 Å². The largest absolute Gasteiger partial charge is 0.494 e. The number of rotatable bonds is 9. The fraction of sp³-hybridized carbons (Fsp3) is 0.333. The number of amides is 1. The van der Waals surface area contributed by atoms with Crippen molar-refractivity contribution in [2.45, 2.75) is 38.9 Å². The normalized spacial score (nSPS) is 13.1. The lowest BCUT2D eigenvalue weighted by molar-refractivity contribution is 0.0979. The quantitative estimate of drug-likeness (QED) is 0.445. The van der Waals surface area contributed by atoms with Crippen LogP contribution in [-0.4, -0.2) is 48.7 Å². The highest BCUT2D eigenvalue weighted by atomic mass is 32.2. The maximum Gasteiger partial charge on any atom is 0.275 e. The van der Waals surface area contributed by atoms with E-state index in [9.17, 15) is 13.2 Å². The Morgan fingerprint density at radius 3 is 2.11 bits per heavy atom. The molecular weight excluding hydrogens is 470 g/mol. The van der Waals surface area contributed by atoms with E-state index in [4.69, 9.17) is 9.47 Å². The molecule has 0 radical (unpaired) electrons. The van der Waals surface area contributed by atoms with E-state index in [0.29, 0.717) is 5.82 Å². The summed E-state index contributed by atoms with van der Waals surface area (Å²) in [6.07, 6.45) is 6.22. The number of nitrogens with one attached hydrogen (secondary N) is 1. The Labute approximate surface area is 205 Å². The molecule has 0 aliphatic heterocycles. The number of hydrogen-bond acceptors (Lipinski definition) is 8. The third-order valence-electron chi connectivity index (χ3n) is 5.57. The topological polar surface area (TPSA) is 124 Å². The van der Waals surface area contributed by atoms with Crippen LogP contribution in [0.4, 0.5) is 5.69 Å². The van der Waals surface area contributed by atoms with Crippen molar-refractivity contribution in [1.29, 1.82) is 0 Å². The average Bonchev–Trinajstić information content (AvgIpc) is 2.86. The summed E-state index contributed by atoms with van der Waals surface area (Å²) in [6, 6.07) is 6.50. The second-order valence-corrected chi connectivity index (χ2v) is 10.2. The predicted octanol–water partition coefficient (Wildman–Crippen LogP) is 3.18. The van der Waals surface area contributed by atoms with Crippen LogP contribution < -0.4 is 19.3 Å². The molecule has 11 heteroatoms. The first-order valence-corrected chi connectivity index (χ1v) is 12.4. The maximum atomic E-state index is 13.6. The van der Waals surface area contributed by atoms with E-state index in [1.54, 1.807) is 56.7 Å². The SMILES string of the molecule is COc1cccc(OC)c1N(NS(=O)(=O)[C@@H](C)[C@H](C)c1ncc(C)cn1)C(=O)c1cncc(C)c1. The molecule has 35 heavy (non-hydrogen) atoms. The standard InChI is InChI=1S/C24H29N5O5S/c1-15-10-19(14-25-11-15)24(30)29(22-20(33-5)8-7-9-21(22)34-6)28-35(31,32)18(4)17(3)23-26-12-16(2)13-27-23/h7-14,17-18,28H,1-6H3/t17-,18-/m0/s1. The molecule has 186 valence electrons. The van der Waals surface area contributed by atoms with Crippen molar-refractivity contribution in [3.8, 4) is 11.5 Å². The lowest BCUT2D eigenvalue weighted by Crippen LogP contribution is -2.50. The van der Waals surface area contributed by atoms with Gasteiger partial charge in [-0.3, -0.25) is 9.78 Å². The third-order valence-corrected chi connectivity index (χ3v) is 7.39. The first-order valence-electron chi connectivity index (χ1n) is 10.9. The van der Waals surface area contributed by atoms with Crippen LogP contribution >= 0.6 is 0 Å². The van der Waals surface area contributed by atoms with Crippen molar-refractivity contribution in [2.24, 2.45) is 0 Å². The summed E-state index contributed by atoms with van der Waals surface area (Å²) in [5.41, 5.74) is 1.90. The van der Waals surface area contributed by atoms with Gasteiger partial charge in [0.25, 0.3) is 5.91 Å². The van der Waals surface area contributed by atoms with Gasteiger partial charge in [0.15, 0.2) is 0 Å². The van der Waals surface area contributed by atoms with Crippen LogP contribution in [0.2, 0.25) is 0 Å². The van der Waals surface area contributed by atoms with E-state index in [-0.39, 0.29) is 22.7 Å². The summed E-state index contributed by atoms with van der Waals surface area (Å²) in [7, 11) is -1.30. The number of carbonyl (C=O) groups excluding carboxylic acids is 1. The van der Waals surface area contributed by atoms with Gasteiger partial charge in [0.05, 0.1) is 25.0 Å². The molecule has 2 heterocycles. The molecule has 2 aromatic heterocycles. The van der Waals surface area contributed by atoms with Gasteiger partial charge in [0, 0.05) is 30.7 Å². The second kappa shape index (κ2) is 10.8. The van der Waals surface area contributed by atoms with Gasteiger partial charge in [0.2, 0.25) is 10.0 Å². The number of aryl methyl sites for hydroxylation is 2. The fourth-order valence-corrected chi connectivity index (χ4v) is 4.62. The maximum absolute atomic E-state index is 13.6. The summed E-state index contributed by atoms with van der Waals surface area (Å²) in [4.78, 5) is 28.7. The van der Waals surface area contributed by atoms with Crippen LogP contribution in [0.15, 0.2) is 49.1 Å². The molecule has 0 saturated heterocycles. The molecule has 1 amide bonds. The highest BCUT2D eigenvalue weighted by molar-refractivity contribution is 7.90. The zero-order valence-electron chi connectivity index (χ0n) is 20.5. The van der Waals surface area contributed by atoms with E-state index in [1.165, 1.54) is 27.3 Å². The number of pyridine rings is 1. The second-order valence-electron chi connectivity index (χ2n) is 8.15. The number of nitrogens with zero attached hydrogens (tertiary/aromatic N) is 4. The number of para-hydroxylation sites is 1. The minimum atomic E-state index is -4.13. The van der Waals surface area contributed by atoms with Crippen molar-refractivity contribution in [2.75, 3.05) is 19.2 Å². The molecule has 0 aliphatic carbocycles. The van der Waals surface area contributed by atoms with Gasteiger partial charge in [0.1, 0.15) is 23.0 Å². The predicted molar refractivity (Wildman–Crippen MR) is 132 cm³/mol. The first-order chi connectivity index (χ1) is 16.6. The number of hydrogen-bond donors (Lipinski definition) is 1. The third kappa shape index (κ3) is 5.75.